The zero-order valence-corrected chi connectivity index (χ0v) is 12.1. The van der Waals surface area contributed by atoms with Crippen LogP contribution in [0.4, 0.5) is 0 Å². The van der Waals surface area contributed by atoms with E-state index in [4.69, 9.17) is 0 Å². The van der Waals surface area contributed by atoms with E-state index in [9.17, 15) is 9.90 Å². The molecule has 110 valence electrons. The third-order valence-corrected chi connectivity index (χ3v) is 4.14. The van der Waals surface area contributed by atoms with Gasteiger partial charge in [0.05, 0.1) is 18.1 Å². The Hall–Kier alpha value is -1.39. The van der Waals surface area contributed by atoms with Crippen LogP contribution in [0.5, 0.6) is 0 Å². The van der Waals surface area contributed by atoms with Gasteiger partial charge >= 0.3 is 0 Å². The molecule has 1 aromatic carbocycles. The van der Waals surface area contributed by atoms with Crippen molar-refractivity contribution >= 4 is 5.91 Å². The molecule has 0 bridgehead atoms. The van der Waals surface area contributed by atoms with E-state index in [0.717, 1.165) is 37.9 Å². The van der Waals surface area contributed by atoms with Crippen LogP contribution in [-0.2, 0) is 4.79 Å². The average Bonchev–Trinajstić information content (AvgIpc) is 2.96. The van der Waals surface area contributed by atoms with Gasteiger partial charge in [0, 0.05) is 6.54 Å². The molecule has 0 aromatic heterocycles. The van der Waals surface area contributed by atoms with Gasteiger partial charge in [0.2, 0.25) is 5.91 Å². The Kier molecular flexibility index (Phi) is 5.15. The molecule has 2 rings (SSSR count). The molecule has 4 heteroatoms. The zero-order chi connectivity index (χ0) is 14.4. The lowest BCUT2D eigenvalue weighted by Crippen LogP contribution is -2.44. The molecule has 0 radical (unpaired) electrons. The number of hydrogen-bond donors (Lipinski definition) is 3. The number of rotatable bonds is 6. The molecule has 2 atom stereocenters. The van der Waals surface area contributed by atoms with Crippen LogP contribution in [0, 0.1) is 5.41 Å². The summed E-state index contributed by atoms with van der Waals surface area (Å²) in [6.07, 6.45) is 2.75. The van der Waals surface area contributed by atoms with E-state index >= 15 is 0 Å². The first kappa shape index (κ1) is 15.0. The van der Waals surface area contributed by atoms with Gasteiger partial charge in [0.15, 0.2) is 0 Å². The predicted molar refractivity (Wildman–Crippen MR) is 79.2 cm³/mol. The van der Waals surface area contributed by atoms with Gasteiger partial charge < -0.3 is 15.7 Å². The number of aliphatic hydroxyl groups is 1. The molecule has 1 fully saturated rings. The summed E-state index contributed by atoms with van der Waals surface area (Å²) in [5, 5.41) is 15.9. The molecule has 1 saturated heterocycles. The fraction of sp³-hybridized carbons (Fsp3) is 0.562. The minimum absolute atomic E-state index is 0.0623. The van der Waals surface area contributed by atoms with Crippen molar-refractivity contribution in [3.05, 3.63) is 35.9 Å². The van der Waals surface area contributed by atoms with Crippen LogP contribution in [0.3, 0.4) is 0 Å². The largest absolute Gasteiger partial charge is 0.394 e. The zero-order valence-electron chi connectivity index (χ0n) is 12.1. The second-order valence-corrected chi connectivity index (χ2v) is 5.58. The monoisotopic (exact) mass is 276 g/mol. The Morgan fingerprint density at radius 1 is 1.45 bits per heavy atom. The number of hydrogen-bond acceptors (Lipinski definition) is 3. The second-order valence-electron chi connectivity index (χ2n) is 5.58. The van der Waals surface area contributed by atoms with E-state index in [-0.39, 0.29) is 24.0 Å². The first-order chi connectivity index (χ1) is 9.72. The molecular weight excluding hydrogens is 252 g/mol. The van der Waals surface area contributed by atoms with Gasteiger partial charge in [0.1, 0.15) is 0 Å². The SMILES string of the molecule is CCCC1(C(=O)NC(CO)c2ccccc2)CCNC1. The first-order valence-electron chi connectivity index (χ1n) is 7.39. The number of benzene rings is 1. The average molecular weight is 276 g/mol. The molecule has 3 N–H and O–H groups in total. The highest BCUT2D eigenvalue weighted by atomic mass is 16.3. The molecule has 0 aliphatic carbocycles. The molecule has 4 nitrogen and oxygen atoms in total. The molecule has 2 unspecified atom stereocenters. The van der Waals surface area contributed by atoms with E-state index in [1.807, 2.05) is 30.3 Å². The van der Waals surface area contributed by atoms with Crippen molar-refractivity contribution < 1.29 is 9.90 Å². The summed E-state index contributed by atoms with van der Waals surface area (Å²) in [6.45, 7) is 3.65. The van der Waals surface area contributed by atoms with Gasteiger partial charge in [-0.3, -0.25) is 4.79 Å². The summed E-state index contributed by atoms with van der Waals surface area (Å²) in [7, 11) is 0. The van der Waals surface area contributed by atoms with Gasteiger partial charge in [-0.25, -0.2) is 0 Å². The van der Waals surface area contributed by atoms with Gasteiger partial charge in [-0.15, -0.1) is 0 Å². The van der Waals surface area contributed by atoms with E-state index < -0.39 is 0 Å². The Morgan fingerprint density at radius 2 is 2.20 bits per heavy atom. The van der Waals surface area contributed by atoms with Gasteiger partial charge in [-0.1, -0.05) is 43.7 Å². The Morgan fingerprint density at radius 3 is 2.75 bits per heavy atom. The lowest BCUT2D eigenvalue weighted by molar-refractivity contribution is -0.131. The normalized spacial score (nSPS) is 23.5. The highest BCUT2D eigenvalue weighted by Gasteiger charge is 2.40. The minimum Gasteiger partial charge on any atom is -0.394 e. The van der Waals surface area contributed by atoms with E-state index in [2.05, 4.69) is 17.6 Å². The quantitative estimate of drug-likeness (QED) is 0.740. The van der Waals surface area contributed by atoms with Gasteiger partial charge in [0.25, 0.3) is 0 Å². The molecule has 1 heterocycles. The lowest BCUT2D eigenvalue weighted by Gasteiger charge is -2.29. The maximum absolute atomic E-state index is 12.6. The molecule has 1 aromatic rings. The van der Waals surface area contributed by atoms with Gasteiger partial charge in [-0.05, 0) is 24.9 Å². The third kappa shape index (κ3) is 3.19. The van der Waals surface area contributed by atoms with Crippen LogP contribution < -0.4 is 10.6 Å². The summed E-state index contributed by atoms with van der Waals surface area (Å²) >= 11 is 0. The van der Waals surface area contributed by atoms with Crippen LogP contribution >= 0.6 is 0 Å². The summed E-state index contributed by atoms with van der Waals surface area (Å²) in [6, 6.07) is 9.31. The van der Waals surface area contributed by atoms with E-state index in [0.29, 0.717) is 0 Å². The van der Waals surface area contributed by atoms with Crippen molar-refractivity contribution in [2.24, 2.45) is 5.41 Å². The highest BCUT2D eigenvalue weighted by molar-refractivity contribution is 5.83. The van der Waals surface area contributed by atoms with E-state index in [1.54, 1.807) is 0 Å². The smallest absolute Gasteiger partial charge is 0.228 e. The van der Waals surface area contributed by atoms with Crippen LogP contribution in [-0.4, -0.2) is 30.7 Å². The van der Waals surface area contributed by atoms with E-state index in [1.165, 1.54) is 0 Å². The Labute approximate surface area is 120 Å². The van der Waals surface area contributed by atoms with Crippen molar-refractivity contribution in [3.8, 4) is 0 Å². The lowest BCUT2D eigenvalue weighted by atomic mass is 9.81. The summed E-state index contributed by atoms with van der Waals surface area (Å²) < 4.78 is 0. The fourth-order valence-electron chi connectivity index (χ4n) is 2.97. The predicted octanol–water partition coefficient (Wildman–Crippen LogP) is 1.62. The Balaban J connectivity index is 2.08. The maximum atomic E-state index is 12.6. The summed E-state index contributed by atoms with van der Waals surface area (Å²) in [5.41, 5.74) is 0.637. The van der Waals surface area contributed by atoms with Crippen LogP contribution in [0.15, 0.2) is 30.3 Å². The molecule has 0 saturated carbocycles. The molecule has 1 amide bonds. The standard InChI is InChI=1S/C16H24N2O2/c1-2-8-16(9-10-17-12-16)15(20)18-14(11-19)13-6-4-3-5-7-13/h3-7,14,17,19H,2,8-12H2,1H3,(H,18,20). The fourth-order valence-corrected chi connectivity index (χ4v) is 2.97. The number of aliphatic hydroxyl groups excluding tert-OH is 1. The van der Waals surface area contributed by atoms with Gasteiger partial charge in [-0.2, -0.15) is 0 Å². The third-order valence-electron chi connectivity index (χ3n) is 4.14. The van der Waals surface area contributed by atoms with Crippen molar-refractivity contribution in [3.63, 3.8) is 0 Å². The topological polar surface area (TPSA) is 61.4 Å². The molecule has 20 heavy (non-hydrogen) atoms. The van der Waals surface area contributed by atoms with Crippen LogP contribution in [0.2, 0.25) is 0 Å². The summed E-state index contributed by atoms with van der Waals surface area (Å²) in [4.78, 5) is 12.6. The van der Waals surface area contributed by atoms with Crippen LogP contribution in [0.1, 0.15) is 37.8 Å². The van der Waals surface area contributed by atoms with Crippen molar-refractivity contribution in [1.82, 2.24) is 10.6 Å². The van der Waals surface area contributed by atoms with Crippen molar-refractivity contribution in [2.45, 2.75) is 32.2 Å². The molecular formula is C16H24N2O2. The van der Waals surface area contributed by atoms with Crippen LogP contribution in [0.25, 0.3) is 0 Å². The maximum Gasteiger partial charge on any atom is 0.228 e. The molecule has 0 spiro atoms. The number of amides is 1. The number of carbonyl (C=O) groups excluding carboxylic acids is 1. The van der Waals surface area contributed by atoms with Crippen molar-refractivity contribution in [2.75, 3.05) is 19.7 Å². The highest BCUT2D eigenvalue weighted by Crippen LogP contribution is 2.32. The minimum atomic E-state index is -0.321. The Bertz CT molecular complexity index is 427. The van der Waals surface area contributed by atoms with Crippen molar-refractivity contribution in [1.29, 1.82) is 0 Å². The first-order valence-corrected chi connectivity index (χ1v) is 7.39. The summed E-state index contributed by atoms with van der Waals surface area (Å²) in [5.74, 6) is 0.0623. The number of nitrogens with one attached hydrogen (secondary N) is 2. The number of carbonyl (C=O) groups is 1. The molecule has 1 aliphatic heterocycles. The molecule has 1 aliphatic rings. The second kappa shape index (κ2) is 6.86.